The highest BCUT2D eigenvalue weighted by molar-refractivity contribution is 5.19. The number of alkyl halides is 3. The molecule has 0 aromatic heterocycles. The molecule has 0 saturated heterocycles. The average molecular weight is 265 g/mol. The van der Waals surface area contributed by atoms with E-state index in [1.54, 1.807) is 12.1 Å². The predicted octanol–water partition coefficient (Wildman–Crippen LogP) is 3.18. The summed E-state index contributed by atoms with van der Waals surface area (Å²) in [4.78, 5) is 0. The largest absolute Gasteiger partial charge is 0.411 e. The SMILES string of the molecule is NC(CCCOCC(F)(F)F)c1cccc(F)c1. The lowest BCUT2D eigenvalue weighted by molar-refractivity contribution is -0.174. The molecule has 0 spiro atoms. The topological polar surface area (TPSA) is 35.2 Å². The Balaban J connectivity index is 2.23. The van der Waals surface area contributed by atoms with E-state index in [2.05, 4.69) is 4.74 Å². The summed E-state index contributed by atoms with van der Waals surface area (Å²) < 4.78 is 52.6. The van der Waals surface area contributed by atoms with Crippen molar-refractivity contribution in [2.75, 3.05) is 13.2 Å². The monoisotopic (exact) mass is 265 g/mol. The fraction of sp³-hybridized carbons (Fsp3) is 0.500. The molecule has 1 atom stereocenters. The summed E-state index contributed by atoms with van der Waals surface area (Å²) in [7, 11) is 0. The van der Waals surface area contributed by atoms with E-state index in [9.17, 15) is 17.6 Å². The van der Waals surface area contributed by atoms with Gasteiger partial charge in [-0.3, -0.25) is 0 Å². The number of rotatable bonds is 6. The molecule has 0 radical (unpaired) electrons. The van der Waals surface area contributed by atoms with E-state index in [1.807, 2.05) is 0 Å². The maximum absolute atomic E-state index is 12.9. The Labute approximate surface area is 103 Å². The van der Waals surface area contributed by atoms with Crippen LogP contribution in [0.4, 0.5) is 17.6 Å². The molecule has 0 heterocycles. The van der Waals surface area contributed by atoms with Gasteiger partial charge in [-0.15, -0.1) is 0 Å². The summed E-state index contributed by atoms with van der Waals surface area (Å²) >= 11 is 0. The lowest BCUT2D eigenvalue weighted by Crippen LogP contribution is -2.18. The summed E-state index contributed by atoms with van der Waals surface area (Å²) in [5, 5.41) is 0. The van der Waals surface area contributed by atoms with Crippen molar-refractivity contribution in [2.45, 2.75) is 25.1 Å². The van der Waals surface area contributed by atoms with E-state index in [0.29, 0.717) is 18.4 Å². The number of nitrogens with two attached hydrogens (primary N) is 1. The molecular formula is C12H15F4NO. The van der Waals surface area contributed by atoms with E-state index in [4.69, 9.17) is 5.73 Å². The Morgan fingerprint density at radius 1 is 1.28 bits per heavy atom. The van der Waals surface area contributed by atoms with Gasteiger partial charge >= 0.3 is 6.18 Å². The van der Waals surface area contributed by atoms with E-state index in [0.717, 1.165) is 0 Å². The van der Waals surface area contributed by atoms with Gasteiger partial charge in [0, 0.05) is 12.6 Å². The normalized spacial score (nSPS) is 13.6. The Kier molecular flexibility index (Phi) is 5.55. The third-order valence-corrected chi connectivity index (χ3v) is 2.35. The van der Waals surface area contributed by atoms with Gasteiger partial charge in [-0.2, -0.15) is 13.2 Å². The van der Waals surface area contributed by atoms with Crippen LogP contribution in [-0.2, 0) is 4.74 Å². The van der Waals surface area contributed by atoms with E-state index < -0.39 is 18.8 Å². The highest BCUT2D eigenvalue weighted by atomic mass is 19.4. The molecular weight excluding hydrogens is 250 g/mol. The fourth-order valence-electron chi connectivity index (χ4n) is 1.50. The summed E-state index contributed by atoms with van der Waals surface area (Å²) in [6.07, 6.45) is -3.46. The van der Waals surface area contributed by atoms with Gasteiger partial charge in [0.25, 0.3) is 0 Å². The van der Waals surface area contributed by atoms with Crippen LogP contribution in [0.15, 0.2) is 24.3 Å². The zero-order chi connectivity index (χ0) is 13.6. The third kappa shape index (κ3) is 5.97. The molecule has 2 N–H and O–H groups in total. The van der Waals surface area contributed by atoms with Gasteiger partial charge in [-0.05, 0) is 30.5 Å². The van der Waals surface area contributed by atoms with E-state index in [1.165, 1.54) is 12.1 Å². The van der Waals surface area contributed by atoms with Crippen LogP contribution in [-0.4, -0.2) is 19.4 Å². The van der Waals surface area contributed by atoms with Crippen molar-refractivity contribution < 1.29 is 22.3 Å². The van der Waals surface area contributed by atoms with Gasteiger partial charge in [-0.1, -0.05) is 12.1 Å². The van der Waals surface area contributed by atoms with Gasteiger partial charge in [0.2, 0.25) is 0 Å². The molecule has 1 aromatic rings. The molecule has 1 rings (SSSR count). The molecule has 0 aliphatic heterocycles. The van der Waals surface area contributed by atoms with Gasteiger partial charge in [0.15, 0.2) is 0 Å². The molecule has 0 bridgehead atoms. The van der Waals surface area contributed by atoms with Gasteiger partial charge in [0.05, 0.1) is 0 Å². The molecule has 1 unspecified atom stereocenters. The highest BCUT2D eigenvalue weighted by Crippen LogP contribution is 2.18. The van der Waals surface area contributed by atoms with Crippen LogP contribution in [0.2, 0.25) is 0 Å². The van der Waals surface area contributed by atoms with Crippen LogP contribution in [0.25, 0.3) is 0 Å². The van der Waals surface area contributed by atoms with Gasteiger partial charge in [0.1, 0.15) is 12.4 Å². The Bertz CT molecular complexity index is 367. The lowest BCUT2D eigenvalue weighted by atomic mass is 10.0. The van der Waals surface area contributed by atoms with E-state index in [-0.39, 0.29) is 12.4 Å². The molecule has 102 valence electrons. The van der Waals surface area contributed by atoms with Crippen molar-refractivity contribution in [1.29, 1.82) is 0 Å². The van der Waals surface area contributed by atoms with Crippen LogP contribution in [0.3, 0.4) is 0 Å². The number of hydrogen-bond donors (Lipinski definition) is 1. The van der Waals surface area contributed by atoms with Crippen LogP contribution >= 0.6 is 0 Å². The molecule has 0 saturated carbocycles. The summed E-state index contributed by atoms with van der Waals surface area (Å²) in [6, 6.07) is 5.47. The number of ether oxygens (including phenoxy) is 1. The smallest absolute Gasteiger partial charge is 0.372 e. The predicted molar refractivity (Wildman–Crippen MR) is 59.4 cm³/mol. The molecule has 6 heteroatoms. The standard InChI is InChI=1S/C12H15F4NO/c13-10-4-1-3-9(7-10)11(17)5-2-6-18-8-12(14,15)16/h1,3-4,7,11H,2,5-6,8,17H2. The van der Waals surface area contributed by atoms with Crippen molar-refractivity contribution in [3.8, 4) is 0 Å². The Morgan fingerprint density at radius 3 is 2.61 bits per heavy atom. The first kappa shape index (κ1) is 14.9. The second-order valence-electron chi connectivity index (χ2n) is 3.97. The minimum absolute atomic E-state index is 0.0114. The molecule has 18 heavy (non-hydrogen) atoms. The van der Waals surface area contributed by atoms with Gasteiger partial charge in [-0.25, -0.2) is 4.39 Å². The van der Waals surface area contributed by atoms with Crippen molar-refractivity contribution >= 4 is 0 Å². The van der Waals surface area contributed by atoms with E-state index >= 15 is 0 Å². The number of hydrogen-bond acceptors (Lipinski definition) is 2. The zero-order valence-corrected chi connectivity index (χ0v) is 9.71. The minimum Gasteiger partial charge on any atom is -0.372 e. The quantitative estimate of drug-likeness (QED) is 0.633. The van der Waals surface area contributed by atoms with Crippen molar-refractivity contribution in [3.05, 3.63) is 35.6 Å². The maximum atomic E-state index is 12.9. The van der Waals surface area contributed by atoms with Crippen molar-refractivity contribution in [2.24, 2.45) is 5.73 Å². The molecule has 0 aliphatic carbocycles. The molecule has 1 aromatic carbocycles. The first-order valence-corrected chi connectivity index (χ1v) is 5.54. The van der Waals surface area contributed by atoms with Crippen LogP contribution in [0.1, 0.15) is 24.4 Å². The van der Waals surface area contributed by atoms with Gasteiger partial charge < -0.3 is 10.5 Å². The first-order valence-electron chi connectivity index (χ1n) is 5.54. The van der Waals surface area contributed by atoms with Crippen LogP contribution in [0, 0.1) is 5.82 Å². The highest BCUT2D eigenvalue weighted by Gasteiger charge is 2.27. The summed E-state index contributed by atoms with van der Waals surface area (Å²) in [6.45, 7) is -1.26. The number of halogens is 4. The number of benzene rings is 1. The molecule has 0 fully saturated rings. The Hall–Kier alpha value is -1.14. The van der Waals surface area contributed by atoms with Crippen LogP contribution in [0.5, 0.6) is 0 Å². The lowest BCUT2D eigenvalue weighted by Gasteiger charge is -2.12. The maximum Gasteiger partial charge on any atom is 0.411 e. The first-order chi connectivity index (χ1) is 8.38. The zero-order valence-electron chi connectivity index (χ0n) is 9.71. The second-order valence-corrected chi connectivity index (χ2v) is 3.97. The van der Waals surface area contributed by atoms with Crippen molar-refractivity contribution in [1.82, 2.24) is 0 Å². The average Bonchev–Trinajstić information content (AvgIpc) is 2.26. The van der Waals surface area contributed by atoms with Crippen LogP contribution < -0.4 is 5.73 Å². The molecule has 0 amide bonds. The molecule has 0 aliphatic rings. The molecule has 2 nitrogen and oxygen atoms in total. The second kappa shape index (κ2) is 6.70. The third-order valence-electron chi connectivity index (χ3n) is 2.35. The van der Waals surface area contributed by atoms with Crippen molar-refractivity contribution in [3.63, 3.8) is 0 Å². The summed E-state index contributed by atoms with van der Waals surface area (Å²) in [5.41, 5.74) is 6.42. The summed E-state index contributed by atoms with van der Waals surface area (Å²) in [5.74, 6) is -0.378. The Morgan fingerprint density at radius 2 is 2.00 bits per heavy atom. The minimum atomic E-state index is -4.30. The fourth-order valence-corrected chi connectivity index (χ4v) is 1.50.